The van der Waals surface area contributed by atoms with Gasteiger partial charge in [0.05, 0.1) is 6.20 Å². The van der Waals surface area contributed by atoms with Crippen LogP contribution in [0.25, 0.3) is 0 Å². The minimum Gasteiger partial charge on any atom is -0.445 e. The molecule has 1 aliphatic rings. The second-order valence-electron chi connectivity index (χ2n) is 6.15. The van der Waals surface area contributed by atoms with Gasteiger partial charge in [0, 0.05) is 12.3 Å². The van der Waals surface area contributed by atoms with E-state index < -0.39 is 0 Å². The van der Waals surface area contributed by atoms with Gasteiger partial charge in [-0.2, -0.15) is 0 Å². The van der Waals surface area contributed by atoms with E-state index >= 15 is 0 Å². The van der Waals surface area contributed by atoms with Crippen molar-refractivity contribution in [3.05, 3.63) is 17.8 Å². The fourth-order valence-corrected chi connectivity index (χ4v) is 3.04. The minimum atomic E-state index is 0.361. The number of aryl methyl sites for hydroxylation is 1. The maximum atomic E-state index is 5.97. The minimum absolute atomic E-state index is 0.361. The van der Waals surface area contributed by atoms with E-state index in [4.69, 9.17) is 4.42 Å². The predicted molar refractivity (Wildman–Crippen MR) is 73.7 cm³/mol. The van der Waals surface area contributed by atoms with Crippen LogP contribution in [0.5, 0.6) is 0 Å². The van der Waals surface area contributed by atoms with Crippen LogP contribution >= 0.6 is 0 Å². The number of rotatable bonds is 5. The molecule has 2 rings (SSSR count). The molecule has 0 aliphatic heterocycles. The molecular weight excluding hydrogens is 224 g/mol. The SMILES string of the molecule is CNCCCc1ncc(C2CCCCC2(C)C)o1. The Morgan fingerprint density at radius 1 is 1.44 bits per heavy atom. The van der Waals surface area contributed by atoms with Gasteiger partial charge < -0.3 is 9.73 Å². The highest BCUT2D eigenvalue weighted by molar-refractivity contribution is 5.08. The smallest absolute Gasteiger partial charge is 0.194 e. The van der Waals surface area contributed by atoms with Crippen LogP contribution in [0, 0.1) is 5.41 Å². The molecule has 1 unspecified atom stereocenters. The first-order valence-corrected chi connectivity index (χ1v) is 7.22. The average Bonchev–Trinajstić information content (AvgIpc) is 2.77. The molecule has 1 aromatic heterocycles. The molecule has 3 nitrogen and oxygen atoms in total. The third-order valence-electron chi connectivity index (χ3n) is 4.24. The lowest BCUT2D eigenvalue weighted by Crippen LogP contribution is -2.25. The molecular formula is C15H26N2O. The number of nitrogens with one attached hydrogen (secondary N) is 1. The number of hydrogen-bond donors (Lipinski definition) is 1. The van der Waals surface area contributed by atoms with Crippen molar-refractivity contribution < 1.29 is 4.42 Å². The summed E-state index contributed by atoms with van der Waals surface area (Å²) in [6.07, 6.45) is 9.22. The van der Waals surface area contributed by atoms with Crippen molar-refractivity contribution in [1.29, 1.82) is 0 Å². The van der Waals surface area contributed by atoms with Crippen molar-refractivity contribution in [2.24, 2.45) is 5.41 Å². The van der Waals surface area contributed by atoms with E-state index in [-0.39, 0.29) is 0 Å². The third-order valence-corrected chi connectivity index (χ3v) is 4.24. The van der Waals surface area contributed by atoms with Crippen LogP contribution in [0.3, 0.4) is 0 Å². The van der Waals surface area contributed by atoms with Gasteiger partial charge in [0.15, 0.2) is 5.89 Å². The Kier molecular flexibility index (Phi) is 4.44. The first-order valence-electron chi connectivity index (χ1n) is 7.22. The topological polar surface area (TPSA) is 38.1 Å². The first-order chi connectivity index (χ1) is 8.63. The van der Waals surface area contributed by atoms with Gasteiger partial charge in [-0.05, 0) is 38.3 Å². The summed E-state index contributed by atoms with van der Waals surface area (Å²) in [7, 11) is 1.98. The van der Waals surface area contributed by atoms with Crippen molar-refractivity contribution >= 4 is 0 Å². The summed E-state index contributed by atoms with van der Waals surface area (Å²) >= 11 is 0. The van der Waals surface area contributed by atoms with Crippen molar-refractivity contribution in [1.82, 2.24) is 10.3 Å². The molecule has 1 aromatic rings. The molecule has 0 amide bonds. The molecule has 1 saturated carbocycles. The molecule has 1 heterocycles. The highest BCUT2D eigenvalue weighted by atomic mass is 16.4. The quantitative estimate of drug-likeness (QED) is 0.813. The van der Waals surface area contributed by atoms with Gasteiger partial charge in [0.25, 0.3) is 0 Å². The second kappa shape index (κ2) is 5.87. The van der Waals surface area contributed by atoms with E-state index in [1.807, 2.05) is 13.2 Å². The van der Waals surface area contributed by atoms with Gasteiger partial charge in [0.2, 0.25) is 0 Å². The fraction of sp³-hybridized carbons (Fsp3) is 0.800. The van der Waals surface area contributed by atoms with Gasteiger partial charge in [0.1, 0.15) is 5.76 Å². The summed E-state index contributed by atoms with van der Waals surface area (Å²) in [6.45, 7) is 5.74. The summed E-state index contributed by atoms with van der Waals surface area (Å²) in [6, 6.07) is 0. The fourth-order valence-electron chi connectivity index (χ4n) is 3.04. The van der Waals surface area contributed by atoms with Gasteiger partial charge in [-0.25, -0.2) is 4.98 Å². The standard InChI is InChI=1S/C15H26N2O/c1-15(2)9-5-4-7-12(15)13-11-17-14(18-13)8-6-10-16-3/h11-12,16H,4-10H2,1-3H3. The maximum absolute atomic E-state index is 5.97. The Morgan fingerprint density at radius 3 is 3.00 bits per heavy atom. The van der Waals surface area contributed by atoms with Crippen LogP contribution in [-0.2, 0) is 6.42 Å². The van der Waals surface area contributed by atoms with Crippen molar-refractivity contribution in [3.8, 4) is 0 Å². The molecule has 18 heavy (non-hydrogen) atoms. The molecule has 0 spiro atoms. The lowest BCUT2D eigenvalue weighted by Gasteiger charge is -2.37. The zero-order valence-electron chi connectivity index (χ0n) is 12.0. The highest BCUT2D eigenvalue weighted by Gasteiger charge is 2.35. The van der Waals surface area contributed by atoms with Crippen LogP contribution in [0.1, 0.15) is 63.5 Å². The van der Waals surface area contributed by atoms with E-state index in [0.29, 0.717) is 11.3 Å². The number of nitrogens with zero attached hydrogens (tertiary/aromatic N) is 1. The summed E-state index contributed by atoms with van der Waals surface area (Å²) in [5.41, 5.74) is 0.361. The molecule has 0 saturated heterocycles. The number of hydrogen-bond acceptors (Lipinski definition) is 3. The van der Waals surface area contributed by atoms with Gasteiger partial charge in [-0.3, -0.25) is 0 Å². The largest absolute Gasteiger partial charge is 0.445 e. The Bertz CT molecular complexity index is 370. The zero-order chi connectivity index (χ0) is 13.0. The Morgan fingerprint density at radius 2 is 2.28 bits per heavy atom. The normalized spacial score (nSPS) is 23.2. The van der Waals surface area contributed by atoms with Crippen LogP contribution in [0.15, 0.2) is 10.6 Å². The molecule has 3 heteroatoms. The Balaban J connectivity index is 2.00. The van der Waals surface area contributed by atoms with Crippen molar-refractivity contribution in [2.75, 3.05) is 13.6 Å². The lowest BCUT2D eigenvalue weighted by molar-refractivity contribution is 0.176. The molecule has 1 atom stereocenters. The van der Waals surface area contributed by atoms with E-state index in [1.165, 1.54) is 25.7 Å². The van der Waals surface area contributed by atoms with E-state index in [2.05, 4.69) is 24.1 Å². The Labute approximate surface area is 110 Å². The second-order valence-corrected chi connectivity index (χ2v) is 6.15. The molecule has 0 aromatic carbocycles. The van der Waals surface area contributed by atoms with E-state index in [0.717, 1.165) is 31.0 Å². The first kappa shape index (κ1) is 13.6. The highest BCUT2D eigenvalue weighted by Crippen LogP contribution is 2.46. The van der Waals surface area contributed by atoms with Crippen LogP contribution in [-0.4, -0.2) is 18.6 Å². The molecule has 1 aliphatic carbocycles. The van der Waals surface area contributed by atoms with Crippen LogP contribution in [0.4, 0.5) is 0 Å². The Hall–Kier alpha value is -0.830. The summed E-state index contributed by atoms with van der Waals surface area (Å²) in [4.78, 5) is 4.43. The van der Waals surface area contributed by atoms with Crippen molar-refractivity contribution in [2.45, 2.75) is 58.3 Å². The summed E-state index contributed by atoms with van der Waals surface area (Å²) in [5.74, 6) is 2.57. The van der Waals surface area contributed by atoms with Gasteiger partial charge >= 0.3 is 0 Å². The average molecular weight is 250 g/mol. The van der Waals surface area contributed by atoms with Crippen LogP contribution < -0.4 is 5.32 Å². The van der Waals surface area contributed by atoms with E-state index in [9.17, 15) is 0 Å². The molecule has 102 valence electrons. The van der Waals surface area contributed by atoms with Gasteiger partial charge in [-0.15, -0.1) is 0 Å². The van der Waals surface area contributed by atoms with Gasteiger partial charge in [-0.1, -0.05) is 26.7 Å². The molecule has 1 N–H and O–H groups in total. The third kappa shape index (κ3) is 3.14. The molecule has 0 radical (unpaired) electrons. The van der Waals surface area contributed by atoms with Crippen LogP contribution in [0.2, 0.25) is 0 Å². The number of oxazole rings is 1. The van der Waals surface area contributed by atoms with Crippen molar-refractivity contribution in [3.63, 3.8) is 0 Å². The monoisotopic (exact) mass is 250 g/mol. The summed E-state index contributed by atoms with van der Waals surface area (Å²) in [5, 5.41) is 3.15. The maximum Gasteiger partial charge on any atom is 0.194 e. The van der Waals surface area contributed by atoms with E-state index in [1.54, 1.807) is 0 Å². The summed E-state index contributed by atoms with van der Waals surface area (Å²) < 4.78 is 5.97. The molecule has 0 bridgehead atoms. The predicted octanol–water partition coefficient (Wildman–Crippen LogP) is 3.51. The zero-order valence-corrected chi connectivity index (χ0v) is 12.0. The molecule has 1 fully saturated rings. The lowest BCUT2D eigenvalue weighted by atomic mass is 9.68. The number of aromatic nitrogens is 1.